The molecule has 0 unspecified atom stereocenters. The fourth-order valence-electron chi connectivity index (χ4n) is 6.03. The van der Waals surface area contributed by atoms with Gasteiger partial charge in [0, 0.05) is 43.7 Å². The van der Waals surface area contributed by atoms with Crippen LogP contribution in [-0.2, 0) is 36.5 Å². The molecule has 5 aromatic rings. The maximum Gasteiger partial charge on any atom is 0.419 e. The summed E-state index contributed by atoms with van der Waals surface area (Å²) in [4.78, 5) is 11.7. The predicted octanol–water partition coefficient (Wildman–Crippen LogP) is 11.0. The molecule has 1 radical (unpaired) electrons. The van der Waals surface area contributed by atoms with E-state index in [1.807, 2.05) is 58.0 Å². The van der Waals surface area contributed by atoms with Crippen LogP contribution in [0.3, 0.4) is 0 Å². The van der Waals surface area contributed by atoms with Crippen LogP contribution in [0.25, 0.3) is 43.7 Å². The van der Waals surface area contributed by atoms with E-state index in [1.54, 1.807) is 24.3 Å². The summed E-state index contributed by atoms with van der Waals surface area (Å²) in [5, 5.41) is 24.3. The minimum absolute atomic E-state index is 0. The smallest absolute Gasteiger partial charge is 0.419 e. The van der Waals surface area contributed by atoms with E-state index in [9.17, 15) is 23.1 Å². The number of allylic oxidation sites excluding steroid dienone is 2. The van der Waals surface area contributed by atoms with Gasteiger partial charge in [0.25, 0.3) is 0 Å². The molecule has 5 nitrogen and oxygen atoms in total. The summed E-state index contributed by atoms with van der Waals surface area (Å²) in [6, 6.07) is 21.3. The van der Waals surface area contributed by atoms with Crippen LogP contribution in [0.1, 0.15) is 85.3 Å². The maximum atomic E-state index is 14.1. The van der Waals surface area contributed by atoms with Gasteiger partial charge in [0.15, 0.2) is 5.78 Å². The third-order valence-electron chi connectivity index (χ3n) is 8.77. The van der Waals surface area contributed by atoms with Crippen molar-refractivity contribution in [3.05, 3.63) is 89.7 Å². The van der Waals surface area contributed by atoms with Crippen molar-refractivity contribution >= 4 is 38.2 Å². The summed E-state index contributed by atoms with van der Waals surface area (Å²) in [6.45, 7) is 14.4. The number of fused-ring (bicyclic) bond motifs is 3. The molecular formula is C39H43F3IrN3O2-. The number of carbonyl (C=O) groups is 1. The largest absolute Gasteiger partial charge is 0.512 e. The summed E-state index contributed by atoms with van der Waals surface area (Å²) >= 11 is 0. The molecule has 0 amide bonds. The SMILES string of the molecule is CC(C)(C)c1cc(-c2nnnc3c(C(F)(F)F)c4ccccc4cc23)[c-]c2ccccc12.CCC(CC)C(=O)/C=C(\O)C(CC)CC.[Ir]. The Labute approximate surface area is 294 Å². The first-order chi connectivity index (χ1) is 22.2. The van der Waals surface area contributed by atoms with E-state index in [1.165, 1.54) is 12.1 Å². The standard InChI is InChI=1S/C26H19F3N3.C13H24O2.Ir/c1-25(2,3)21-14-17(12-15-8-4-6-10-18(15)21)23-20-13-16-9-5-7-11-19(16)22(26(27,28)29)24(20)31-32-30-23;1-5-10(6-2)12(14)9-13(15)11(7-3)8-4;/h4-11,13-14H,1-3H3;9-11,14H,5-8H2,1-4H3;/q-1;;/b;12-9-;. The van der Waals surface area contributed by atoms with Gasteiger partial charge in [0.1, 0.15) is 5.52 Å². The van der Waals surface area contributed by atoms with Gasteiger partial charge in [0.05, 0.1) is 11.3 Å². The maximum absolute atomic E-state index is 14.1. The Hall–Kier alpha value is -3.68. The van der Waals surface area contributed by atoms with Gasteiger partial charge in [-0.05, 0) is 47.3 Å². The van der Waals surface area contributed by atoms with Crippen molar-refractivity contribution in [2.24, 2.45) is 11.8 Å². The van der Waals surface area contributed by atoms with Crippen LogP contribution in [0.15, 0.2) is 72.5 Å². The molecule has 0 aliphatic heterocycles. The zero-order valence-electron chi connectivity index (χ0n) is 28.5. The van der Waals surface area contributed by atoms with Crippen molar-refractivity contribution in [2.45, 2.75) is 85.7 Å². The fourth-order valence-corrected chi connectivity index (χ4v) is 6.03. The first-order valence-electron chi connectivity index (χ1n) is 16.3. The molecule has 0 aliphatic rings. The van der Waals surface area contributed by atoms with E-state index in [4.69, 9.17) is 0 Å². The zero-order valence-corrected chi connectivity index (χ0v) is 30.9. The number of aromatic nitrogens is 3. The van der Waals surface area contributed by atoms with Crippen molar-refractivity contribution in [3.63, 3.8) is 0 Å². The van der Waals surface area contributed by atoms with E-state index in [-0.39, 0.29) is 59.8 Å². The Bertz CT molecular complexity index is 1910. The molecule has 9 heteroatoms. The Morgan fingerprint density at radius 1 is 0.833 bits per heavy atom. The Balaban J connectivity index is 0.000000334. The minimum atomic E-state index is -4.59. The number of aliphatic hydroxyl groups excluding tert-OH is 1. The first-order valence-corrected chi connectivity index (χ1v) is 16.3. The number of nitrogens with zero attached hydrogens (tertiary/aromatic N) is 3. The number of alkyl halides is 3. The average Bonchev–Trinajstić information content (AvgIpc) is 3.03. The summed E-state index contributed by atoms with van der Waals surface area (Å²) in [7, 11) is 0. The van der Waals surface area contributed by atoms with Gasteiger partial charge in [-0.1, -0.05) is 113 Å². The second-order valence-corrected chi connectivity index (χ2v) is 12.9. The van der Waals surface area contributed by atoms with Crippen LogP contribution >= 0.6 is 0 Å². The molecule has 0 atom stereocenters. The molecule has 0 bridgehead atoms. The third kappa shape index (κ3) is 8.48. The van der Waals surface area contributed by atoms with E-state index < -0.39 is 11.7 Å². The van der Waals surface area contributed by atoms with E-state index >= 15 is 0 Å². The van der Waals surface area contributed by atoms with Gasteiger partial charge >= 0.3 is 6.18 Å². The monoisotopic (exact) mass is 835 g/mol. The topological polar surface area (TPSA) is 76.0 Å². The van der Waals surface area contributed by atoms with Crippen LogP contribution < -0.4 is 0 Å². The molecule has 0 spiro atoms. The van der Waals surface area contributed by atoms with Crippen LogP contribution in [0.2, 0.25) is 0 Å². The number of benzene rings is 4. The molecular weight excluding hydrogens is 792 g/mol. The molecule has 48 heavy (non-hydrogen) atoms. The molecule has 5 rings (SSSR count). The molecule has 0 saturated heterocycles. The van der Waals surface area contributed by atoms with Gasteiger partial charge in [-0.15, -0.1) is 34.2 Å². The molecule has 0 aliphatic carbocycles. The minimum Gasteiger partial charge on any atom is -0.512 e. The number of hydrogen-bond acceptors (Lipinski definition) is 5. The van der Waals surface area contributed by atoms with E-state index in [0.29, 0.717) is 22.0 Å². The first kappa shape index (κ1) is 38.8. The number of aliphatic hydroxyl groups is 1. The zero-order chi connectivity index (χ0) is 34.5. The van der Waals surface area contributed by atoms with Gasteiger partial charge in [-0.2, -0.15) is 18.3 Å². The Morgan fingerprint density at radius 2 is 1.42 bits per heavy atom. The van der Waals surface area contributed by atoms with Crippen LogP contribution in [-0.4, -0.2) is 26.3 Å². The normalized spacial score (nSPS) is 12.4. The second-order valence-electron chi connectivity index (χ2n) is 12.9. The van der Waals surface area contributed by atoms with Crippen molar-refractivity contribution in [1.29, 1.82) is 0 Å². The molecule has 257 valence electrons. The summed E-state index contributed by atoms with van der Waals surface area (Å²) in [6.07, 6.45) is 0.319. The molecule has 1 heterocycles. The molecule has 4 aromatic carbocycles. The summed E-state index contributed by atoms with van der Waals surface area (Å²) < 4.78 is 42.3. The molecule has 0 fully saturated rings. The average molecular weight is 835 g/mol. The van der Waals surface area contributed by atoms with Crippen molar-refractivity contribution in [1.82, 2.24) is 15.4 Å². The van der Waals surface area contributed by atoms with Crippen LogP contribution in [0, 0.1) is 17.9 Å². The van der Waals surface area contributed by atoms with Gasteiger partial charge in [-0.3, -0.25) is 4.79 Å². The number of rotatable bonds is 8. The number of halogens is 3. The molecule has 1 N–H and O–H groups in total. The Morgan fingerprint density at radius 3 is 2.00 bits per heavy atom. The molecule has 1 aromatic heterocycles. The fraction of sp³-hybridized carbons (Fsp3) is 0.385. The number of hydrogen-bond donors (Lipinski definition) is 1. The summed E-state index contributed by atoms with van der Waals surface area (Å²) in [5.41, 5.74) is 0.798. The number of ketones is 1. The van der Waals surface area contributed by atoms with E-state index in [2.05, 4.69) is 42.2 Å². The van der Waals surface area contributed by atoms with Crippen molar-refractivity contribution in [2.75, 3.05) is 0 Å². The predicted molar refractivity (Wildman–Crippen MR) is 184 cm³/mol. The van der Waals surface area contributed by atoms with Gasteiger partial charge in [0.2, 0.25) is 0 Å². The van der Waals surface area contributed by atoms with Crippen LogP contribution in [0.4, 0.5) is 13.2 Å². The molecule has 0 saturated carbocycles. The van der Waals surface area contributed by atoms with Gasteiger partial charge < -0.3 is 5.11 Å². The second kappa shape index (κ2) is 16.1. The number of carbonyl (C=O) groups excluding carboxylic acids is 1. The van der Waals surface area contributed by atoms with E-state index in [0.717, 1.165) is 42.0 Å². The summed E-state index contributed by atoms with van der Waals surface area (Å²) in [5.74, 6) is 0.547. The van der Waals surface area contributed by atoms with Crippen LogP contribution in [0.5, 0.6) is 0 Å². The third-order valence-corrected chi connectivity index (χ3v) is 8.77. The Kier molecular flexibility index (Phi) is 13.0. The van der Waals surface area contributed by atoms with Crippen molar-refractivity contribution in [3.8, 4) is 11.3 Å². The van der Waals surface area contributed by atoms with Gasteiger partial charge in [-0.25, -0.2) is 0 Å². The quantitative estimate of drug-likeness (QED) is 0.0729. The van der Waals surface area contributed by atoms with Crippen molar-refractivity contribution < 1.29 is 43.2 Å².